The molecule has 3 aliphatic heterocycles. The van der Waals surface area contributed by atoms with Crippen molar-refractivity contribution in [2.45, 2.75) is 55.6 Å². The van der Waals surface area contributed by atoms with Crippen LogP contribution in [0.4, 0.5) is 11.4 Å². The average Bonchev–Trinajstić information content (AvgIpc) is 3.92. The molecule has 0 bridgehead atoms. The number of nitrogens with zero attached hydrogens (tertiary/aromatic N) is 4. The summed E-state index contributed by atoms with van der Waals surface area (Å²) in [5.41, 5.74) is 3.77. The van der Waals surface area contributed by atoms with E-state index >= 15 is 9.59 Å². The van der Waals surface area contributed by atoms with E-state index in [1.807, 2.05) is 83.5 Å². The number of Topliss-reactive ketones (excluding diaryl/α,β-unsaturated/α-hetero) is 1. The Morgan fingerprint density at radius 3 is 2.39 bits per heavy atom. The number of methoxy groups -OCH3 is 1. The van der Waals surface area contributed by atoms with Crippen LogP contribution in [0.5, 0.6) is 5.75 Å². The summed E-state index contributed by atoms with van der Waals surface area (Å²) in [6.45, 7) is 0. The van der Waals surface area contributed by atoms with E-state index in [-0.39, 0.29) is 29.5 Å². The molecule has 1 aromatic heterocycles. The first-order valence-electron chi connectivity index (χ1n) is 17.7. The minimum absolute atomic E-state index is 0.0981. The van der Waals surface area contributed by atoms with Crippen LogP contribution in [0.1, 0.15) is 59.5 Å². The topological polar surface area (TPSA) is 120 Å². The van der Waals surface area contributed by atoms with Gasteiger partial charge in [0.05, 0.1) is 29.3 Å². The molecule has 4 heterocycles. The Labute approximate surface area is 295 Å². The van der Waals surface area contributed by atoms with Gasteiger partial charge in [-0.2, -0.15) is 5.10 Å². The molecule has 3 fully saturated rings. The van der Waals surface area contributed by atoms with E-state index in [2.05, 4.69) is 16.4 Å². The number of carbonyl (C=O) groups is 2. The van der Waals surface area contributed by atoms with Gasteiger partial charge in [-0.25, -0.2) is 4.68 Å². The van der Waals surface area contributed by atoms with Crippen molar-refractivity contribution < 1.29 is 19.2 Å². The third kappa shape index (κ3) is 4.69. The van der Waals surface area contributed by atoms with Crippen molar-refractivity contribution in [1.82, 2.24) is 14.7 Å². The maximum Gasteiger partial charge on any atom is 0.269 e. The monoisotopic (exact) mass is 679 g/mol. The molecule has 2 unspecified atom stereocenters. The number of nitrogens with one attached hydrogen (secondary N) is 1. The van der Waals surface area contributed by atoms with E-state index < -0.39 is 22.3 Å². The number of aromatic nitrogens is 2. The van der Waals surface area contributed by atoms with Gasteiger partial charge in [-0.3, -0.25) is 24.6 Å². The average molecular weight is 680 g/mol. The number of benzene rings is 4. The predicted molar refractivity (Wildman–Crippen MR) is 192 cm³/mol. The van der Waals surface area contributed by atoms with Crippen LogP contribution in [0.3, 0.4) is 0 Å². The molecule has 1 N–H and O–H groups in total. The molecule has 256 valence electrons. The molecule has 1 aliphatic carbocycles. The van der Waals surface area contributed by atoms with Gasteiger partial charge in [0.2, 0.25) is 5.91 Å². The van der Waals surface area contributed by atoms with Crippen molar-refractivity contribution in [1.29, 1.82) is 0 Å². The molecule has 6 atom stereocenters. The lowest BCUT2D eigenvalue weighted by Crippen LogP contribution is -2.56. The number of hydrogen-bond donors (Lipinski definition) is 1. The number of nitro groups is 1. The van der Waals surface area contributed by atoms with Gasteiger partial charge >= 0.3 is 0 Å². The summed E-state index contributed by atoms with van der Waals surface area (Å²) in [6.07, 6.45) is 7.11. The van der Waals surface area contributed by atoms with Crippen LogP contribution in [0.15, 0.2) is 109 Å². The minimum atomic E-state index is -1.35. The molecule has 1 saturated carbocycles. The standard InChI is InChI=1S/C41H37N5O5/c1-51-30-20-21-33-32(23-30)41(40(48)42-33)37(39(47)26-16-18-29(19-17-26)46(49)50)36(35-22-27-12-8-9-15-34(27)45(35)41)31-24-44(28-13-6-3-7-14-28)43-38(31)25-10-4-2-5-11-25/h2-7,10-11,13-14,16-21,23-24,27,34-37H,8-9,12,15,22H2,1H3,(H,42,48)/t27?,34?,35-,36+,37+,41-/m0/s1. The van der Waals surface area contributed by atoms with Crippen LogP contribution in [0.25, 0.3) is 16.9 Å². The lowest BCUT2D eigenvalue weighted by molar-refractivity contribution is -0.384. The number of ketones is 1. The minimum Gasteiger partial charge on any atom is -0.497 e. The molecule has 5 aromatic rings. The number of hydrogen-bond acceptors (Lipinski definition) is 7. The number of carbonyl (C=O) groups excluding carboxylic acids is 2. The Morgan fingerprint density at radius 1 is 0.941 bits per heavy atom. The zero-order valence-corrected chi connectivity index (χ0v) is 28.1. The maximum absolute atomic E-state index is 15.5. The summed E-state index contributed by atoms with van der Waals surface area (Å²) < 4.78 is 7.62. The summed E-state index contributed by atoms with van der Waals surface area (Å²) in [5.74, 6) is -0.780. The number of para-hydroxylation sites is 1. The van der Waals surface area contributed by atoms with Crippen LogP contribution in [-0.2, 0) is 10.3 Å². The van der Waals surface area contributed by atoms with Crippen LogP contribution < -0.4 is 10.1 Å². The Morgan fingerprint density at radius 2 is 1.67 bits per heavy atom. The second-order valence-electron chi connectivity index (χ2n) is 14.2. The Balaban J connectivity index is 1.33. The van der Waals surface area contributed by atoms with E-state index in [9.17, 15) is 10.1 Å². The van der Waals surface area contributed by atoms with E-state index in [4.69, 9.17) is 9.84 Å². The Kier molecular flexibility index (Phi) is 7.39. The van der Waals surface area contributed by atoms with E-state index in [1.54, 1.807) is 7.11 Å². The number of ether oxygens (including phenoxy) is 1. The molecule has 0 radical (unpaired) electrons. The zero-order chi connectivity index (χ0) is 34.9. The van der Waals surface area contributed by atoms with Gasteiger partial charge in [-0.15, -0.1) is 0 Å². The van der Waals surface area contributed by atoms with Crippen molar-refractivity contribution in [3.05, 3.63) is 136 Å². The van der Waals surface area contributed by atoms with Crippen molar-refractivity contribution >= 4 is 23.1 Å². The quantitative estimate of drug-likeness (QED) is 0.107. The molecule has 4 aromatic carbocycles. The fourth-order valence-corrected chi connectivity index (χ4v) is 9.80. The van der Waals surface area contributed by atoms with Crippen molar-refractivity contribution in [3.8, 4) is 22.7 Å². The summed E-state index contributed by atoms with van der Waals surface area (Å²) >= 11 is 0. The SMILES string of the molecule is COc1ccc2c(c1)[C@@]1(C(=O)N2)[C@@H](C(=O)c2ccc([N+](=O)[O-])cc2)[C@H](c2cn(-c3ccccc3)nc2-c2ccccc2)[C@@H]2CC3CCCCC3N21. The van der Waals surface area contributed by atoms with Crippen molar-refractivity contribution in [2.75, 3.05) is 12.4 Å². The van der Waals surface area contributed by atoms with Crippen molar-refractivity contribution in [3.63, 3.8) is 0 Å². The van der Waals surface area contributed by atoms with Gasteiger partial charge in [0.15, 0.2) is 5.78 Å². The van der Waals surface area contributed by atoms with Crippen LogP contribution in [-0.4, -0.2) is 50.5 Å². The summed E-state index contributed by atoms with van der Waals surface area (Å²) in [7, 11) is 1.61. The second kappa shape index (κ2) is 12.0. The van der Waals surface area contributed by atoms with E-state index in [0.717, 1.165) is 60.2 Å². The zero-order valence-electron chi connectivity index (χ0n) is 28.1. The first-order chi connectivity index (χ1) is 24.9. The van der Waals surface area contributed by atoms with E-state index in [0.29, 0.717) is 22.9 Å². The molecule has 2 saturated heterocycles. The molecule has 1 spiro atoms. The van der Waals surface area contributed by atoms with Gasteiger partial charge in [0.1, 0.15) is 11.3 Å². The number of nitro benzene ring substituents is 1. The predicted octanol–water partition coefficient (Wildman–Crippen LogP) is 7.53. The molecule has 10 heteroatoms. The molecule has 9 rings (SSSR count). The van der Waals surface area contributed by atoms with Crippen LogP contribution in [0.2, 0.25) is 0 Å². The van der Waals surface area contributed by atoms with Crippen molar-refractivity contribution in [2.24, 2.45) is 11.8 Å². The lowest BCUT2D eigenvalue weighted by Gasteiger charge is -2.43. The lowest BCUT2D eigenvalue weighted by atomic mass is 9.67. The van der Waals surface area contributed by atoms with Gasteiger partial charge in [0.25, 0.3) is 5.69 Å². The summed E-state index contributed by atoms with van der Waals surface area (Å²) in [6, 6.07) is 31.3. The number of non-ortho nitro benzene ring substituents is 1. The van der Waals surface area contributed by atoms with Gasteiger partial charge in [-0.1, -0.05) is 61.4 Å². The normalized spacial score (nSPS) is 26.4. The van der Waals surface area contributed by atoms with Gasteiger partial charge in [0, 0.05) is 64.3 Å². The summed E-state index contributed by atoms with van der Waals surface area (Å²) in [4.78, 5) is 44.1. The molecular formula is C41H37N5O5. The van der Waals surface area contributed by atoms with Crippen LogP contribution in [0, 0.1) is 22.0 Å². The highest BCUT2D eigenvalue weighted by atomic mass is 16.6. The van der Waals surface area contributed by atoms with E-state index in [1.165, 1.54) is 24.3 Å². The largest absolute Gasteiger partial charge is 0.497 e. The third-order valence-electron chi connectivity index (χ3n) is 11.8. The first kappa shape index (κ1) is 31.4. The molecule has 51 heavy (non-hydrogen) atoms. The molecule has 10 nitrogen and oxygen atoms in total. The Bertz CT molecular complexity index is 2170. The molecule has 1 amide bonds. The number of rotatable bonds is 7. The third-order valence-corrected chi connectivity index (χ3v) is 11.8. The highest BCUT2D eigenvalue weighted by molar-refractivity contribution is 6.12. The smallest absolute Gasteiger partial charge is 0.269 e. The highest BCUT2D eigenvalue weighted by Crippen LogP contribution is 2.65. The highest BCUT2D eigenvalue weighted by Gasteiger charge is 2.72. The Hall–Kier alpha value is -5.61. The molecule has 4 aliphatic rings. The number of amides is 1. The first-order valence-corrected chi connectivity index (χ1v) is 17.7. The summed E-state index contributed by atoms with van der Waals surface area (Å²) in [5, 5.41) is 20.0. The fraction of sp³-hybridized carbons (Fsp3) is 0.293. The number of anilines is 1. The molecular weight excluding hydrogens is 642 g/mol. The second-order valence-corrected chi connectivity index (χ2v) is 14.2. The van der Waals surface area contributed by atoms with Gasteiger partial charge in [-0.05, 0) is 67.6 Å². The van der Waals surface area contributed by atoms with Crippen LogP contribution >= 0.6 is 0 Å². The maximum atomic E-state index is 15.5. The fourth-order valence-electron chi connectivity index (χ4n) is 9.80. The van der Waals surface area contributed by atoms with Gasteiger partial charge < -0.3 is 10.1 Å². The number of fused-ring (bicyclic) bond motifs is 6.